The Balaban J connectivity index is 1.34. The van der Waals surface area contributed by atoms with Crippen LogP contribution in [0.3, 0.4) is 0 Å². The second-order valence-corrected chi connectivity index (χ2v) is 9.71. The number of fused-ring (bicyclic) bond motifs is 3. The molecule has 7 nitrogen and oxygen atoms in total. The van der Waals surface area contributed by atoms with E-state index in [0.717, 1.165) is 36.7 Å². The van der Waals surface area contributed by atoms with Crippen LogP contribution in [-0.2, 0) is 0 Å². The second-order valence-electron chi connectivity index (χ2n) is 8.30. The number of hydrogen-bond acceptors (Lipinski definition) is 6. The summed E-state index contributed by atoms with van der Waals surface area (Å²) in [4.78, 5) is 19.4. The lowest BCUT2D eigenvalue weighted by Crippen LogP contribution is -2.43. The Morgan fingerprint density at radius 3 is 2.62 bits per heavy atom. The van der Waals surface area contributed by atoms with E-state index in [1.54, 1.807) is 23.7 Å². The minimum atomic E-state index is -0.179. The van der Waals surface area contributed by atoms with Crippen molar-refractivity contribution in [3.05, 3.63) is 77.1 Å². The molecule has 0 saturated carbocycles. The summed E-state index contributed by atoms with van der Waals surface area (Å²) in [5.41, 5.74) is 3.07. The molecular weight excluding hydrogens is 468 g/mol. The summed E-state index contributed by atoms with van der Waals surface area (Å²) in [6, 6.07) is 15.3. The van der Waals surface area contributed by atoms with Gasteiger partial charge in [0.2, 0.25) is 0 Å². The smallest absolute Gasteiger partial charge is 0.253 e. The zero-order valence-electron chi connectivity index (χ0n) is 18.9. The van der Waals surface area contributed by atoms with Crippen LogP contribution in [0.4, 0.5) is 5.13 Å². The number of benzene rings is 3. The van der Waals surface area contributed by atoms with Crippen LogP contribution < -0.4 is 10.6 Å². The summed E-state index contributed by atoms with van der Waals surface area (Å²) >= 11 is 7.95. The number of aromatic nitrogens is 4. The molecule has 5 rings (SSSR count). The lowest BCUT2D eigenvalue weighted by atomic mass is 10.1. The molecule has 9 heteroatoms. The number of aryl methyl sites for hydroxylation is 1. The van der Waals surface area contributed by atoms with E-state index < -0.39 is 0 Å². The lowest BCUT2D eigenvalue weighted by molar-refractivity contribution is 0.0936. The third-order valence-electron chi connectivity index (χ3n) is 5.85. The zero-order chi connectivity index (χ0) is 23.8. The quantitative estimate of drug-likeness (QED) is 0.323. The van der Waals surface area contributed by atoms with Gasteiger partial charge in [-0.1, -0.05) is 52.8 Å². The van der Waals surface area contributed by atoms with Crippen molar-refractivity contribution in [2.75, 3.05) is 5.32 Å². The van der Waals surface area contributed by atoms with E-state index in [1.165, 1.54) is 4.80 Å². The molecule has 34 heavy (non-hydrogen) atoms. The van der Waals surface area contributed by atoms with Crippen LogP contribution in [0.5, 0.6) is 0 Å². The summed E-state index contributed by atoms with van der Waals surface area (Å²) in [7, 11) is 0. The van der Waals surface area contributed by atoms with Gasteiger partial charge in [-0.3, -0.25) is 4.79 Å². The van der Waals surface area contributed by atoms with Crippen molar-refractivity contribution in [3.8, 4) is 5.69 Å². The van der Waals surface area contributed by atoms with E-state index in [2.05, 4.69) is 26.9 Å². The van der Waals surface area contributed by atoms with Crippen LogP contribution in [0.25, 0.3) is 26.7 Å². The third kappa shape index (κ3) is 4.22. The number of rotatable bonds is 6. The van der Waals surface area contributed by atoms with Gasteiger partial charge in [0.05, 0.1) is 33.9 Å². The van der Waals surface area contributed by atoms with Crippen molar-refractivity contribution < 1.29 is 4.79 Å². The van der Waals surface area contributed by atoms with Crippen LogP contribution in [0.15, 0.2) is 60.9 Å². The molecule has 0 aliphatic heterocycles. The highest BCUT2D eigenvalue weighted by molar-refractivity contribution is 7.23. The Kier molecular flexibility index (Phi) is 5.93. The number of carbonyl (C=O) groups is 1. The topological polar surface area (TPSA) is 84.7 Å². The van der Waals surface area contributed by atoms with E-state index in [9.17, 15) is 4.79 Å². The molecule has 172 valence electrons. The third-order valence-corrected chi connectivity index (χ3v) is 7.21. The molecule has 0 bridgehead atoms. The molecule has 0 fully saturated rings. The van der Waals surface area contributed by atoms with Gasteiger partial charge in [-0.05, 0) is 45.0 Å². The molecule has 0 spiro atoms. The van der Waals surface area contributed by atoms with Crippen LogP contribution in [0, 0.1) is 6.92 Å². The maximum absolute atomic E-state index is 13.2. The number of amides is 1. The van der Waals surface area contributed by atoms with Gasteiger partial charge in [-0.2, -0.15) is 15.0 Å². The summed E-state index contributed by atoms with van der Waals surface area (Å²) in [6.07, 6.45) is 3.18. The summed E-state index contributed by atoms with van der Waals surface area (Å²) in [5.74, 6) is -0.179. The van der Waals surface area contributed by atoms with Gasteiger partial charge in [0.1, 0.15) is 0 Å². The molecular formula is C25H23ClN6OS. The Labute approximate surface area is 205 Å². The maximum atomic E-state index is 13.2. The highest BCUT2D eigenvalue weighted by atomic mass is 35.5. The van der Waals surface area contributed by atoms with E-state index in [4.69, 9.17) is 16.6 Å². The van der Waals surface area contributed by atoms with Gasteiger partial charge in [0.25, 0.3) is 5.91 Å². The summed E-state index contributed by atoms with van der Waals surface area (Å²) in [5, 5.41) is 18.5. The molecule has 0 saturated heterocycles. The molecule has 0 aliphatic carbocycles. The molecule has 2 aromatic heterocycles. The molecule has 5 aromatic rings. The SMILES string of the molecule is Cc1ccc(-n2nccn2)c(C(=O)NC(C)C(C)Nc2nc3ccc4c(Cl)cccc4c3s2)c1. The molecule has 1 amide bonds. The van der Waals surface area contributed by atoms with E-state index in [-0.39, 0.29) is 18.0 Å². The predicted molar refractivity (Wildman–Crippen MR) is 138 cm³/mol. The first kappa shape index (κ1) is 22.3. The van der Waals surface area contributed by atoms with Crippen LogP contribution in [0.1, 0.15) is 29.8 Å². The van der Waals surface area contributed by atoms with Crippen LogP contribution in [-0.4, -0.2) is 38.0 Å². The number of hydrogen-bond donors (Lipinski definition) is 2. The summed E-state index contributed by atoms with van der Waals surface area (Å²) in [6.45, 7) is 5.95. The fraction of sp³-hybridized carbons (Fsp3) is 0.200. The first-order valence-corrected chi connectivity index (χ1v) is 12.1. The Bertz CT molecular complexity index is 1500. The number of thiazole rings is 1. The van der Waals surface area contributed by atoms with Crippen molar-refractivity contribution in [1.82, 2.24) is 25.3 Å². The largest absolute Gasteiger partial charge is 0.357 e. The van der Waals surface area contributed by atoms with Crippen molar-refractivity contribution in [3.63, 3.8) is 0 Å². The Morgan fingerprint density at radius 1 is 1.03 bits per heavy atom. The molecule has 3 aromatic carbocycles. The van der Waals surface area contributed by atoms with Gasteiger partial charge < -0.3 is 10.6 Å². The van der Waals surface area contributed by atoms with Crippen molar-refractivity contribution >= 4 is 55.0 Å². The molecule has 2 unspecified atom stereocenters. The summed E-state index contributed by atoms with van der Waals surface area (Å²) < 4.78 is 1.09. The van der Waals surface area contributed by atoms with Crippen molar-refractivity contribution in [2.45, 2.75) is 32.9 Å². The highest BCUT2D eigenvalue weighted by Crippen LogP contribution is 2.35. The molecule has 0 radical (unpaired) electrons. The Morgan fingerprint density at radius 2 is 1.82 bits per heavy atom. The lowest BCUT2D eigenvalue weighted by Gasteiger charge is -2.22. The first-order chi connectivity index (χ1) is 16.4. The number of carbonyl (C=O) groups excluding carboxylic acids is 1. The van der Waals surface area contributed by atoms with Gasteiger partial charge >= 0.3 is 0 Å². The van der Waals surface area contributed by atoms with Crippen LogP contribution >= 0.6 is 22.9 Å². The molecule has 2 atom stereocenters. The number of nitrogens with one attached hydrogen (secondary N) is 2. The van der Waals surface area contributed by atoms with Gasteiger partial charge in [-0.25, -0.2) is 4.98 Å². The van der Waals surface area contributed by atoms with E-state index in [1.807, 2.05) is 63.2 Å². The first-order valence-electron chi connectivity index (χ1n) is 10.9. The average molecular weight is 491 g/mol. The Hall–Kier alpha value is -3.49. The second kappa shape index (κ2) is 9.04. The van der Waals surface area contributed by atoms with Gasteiger partial charge in [0.15, 0.2) is 5.13 Å². The average Bonchev–Trinajstić information content (AvgIpc) is 3.49. The molecule has 0 aliphatic rings. The fourth-order valence-electron chi connectivity index (χ4n) is 3.84. The van der Waals surface area contributed by atoms with E-state index in [0.29, 0.717) is 11.3 Å². The molecule has 2 N–H and O–H groups in total. The number of anilines is 1. The standard InChI is InChI=1S/C25H23ClN6OS/c1-14-7-10-22(32-27-11-12-28-32)19(13-14)24(33)29-15(2)16(3)30-25-31-21-9-8-17-18(23(21)34-25)5-4-6-20(17)26/h4-13,15-16H,1-3H3,(H,29,33)(H,30,31). The minimum absolute atomic E-state index is 0.0598. The van der Waals surface area contributed by atoms with Crippen molar-refractivity contribution in [1.29, 1.82) is 0 Å². The fourth-order valence-corrected chi connectivity index (χ4v) is 5.17. The minimum Gasteiger partial charge on any atom is -0.357 e. The monoisotopic (exact) mass is 490 g/mol. The highest BCUT2D eigenvalue weighted by Gasteiger charge is 2.20. The number of nitrogens with zero attached hydrogens (tertiary/aromatic N) is 4. The normalized spacial score (nSPS) is 13.2. The van der Waals surface area contributed by atoms with E-state index >= 15 is 0 Å². The maximum Gasteiger partial charge on any atom is 0.253 e. The van der Waals surface area contributed by atoms with Crippen LogP contribution in [0.2, 0.25) is 5.02 Å². The van der Waals surface area contributed by atoms with Gasteiger partial charge in [-0.15, -0.1) is 0 Å². The number of halogens is 1. The molecule has 2 heterocycles. The predicted octanol–water partition coefficient (Wildman–Crippen LogP) is 5.61. The van der Waals surface area contributed by atoms with Gasteiger partial charge in [0, 0.05) is 27.9 Å². The van der Waals surface area contributed by atoms with Crippen molar-refractivity contribution in [2.24, 2.45) is 0 Å². The zero-order valence-corrected chi connectivity index (χ0v) is 20.5.